The molecule has 0 radical (unpaired) electrons. The molecular weight excluding hydrogens is 198 g/mol. The predicted octanol–water partition coefficient (Wildman–Crippen LogP) is 3.21. The second-order valence-corrected chi connectivity index (χ2v) is 6.65. The van der Waals surface area contributed by atoms with E-state index in [2.05, 4.69) is 46.9 Å². The molecule has 1 saturated carbocycles. The lowest BCUT2D eigenvalue weighted by atomic mass is 9.87. The molecule has 0 saturated heterocycles. The lowest BCUT2D eigenvalue weighted by Crippen LogP contribution is -2.49. The van der Waals surface area contributed by atoms with Gasteiger partial charge in [-0.2, -0.15) is 0 Å². The molecule has 1 aliphatic carbocycles. The first-order valence-electron chi connectivity index (χ1n) is 6.69. The Kier molecular flexibility index (Phi) is 4.81. The maximum Gasteiger partial charge on any atom is 0.0612 e. The van der Waals surface area contributed by atoms with E-state index >= 15 is 0 Å². The first-order chi connectivity index (χ1) is 7.28. The predicted molar refractivity (Wildman–Crippen MR) is 69.7 cm³/mol. The van der Waals surface area contributed by atoms with Crippen molar-refractivity contribution in [2.75, 3.05) is 6.54 Å². The van der Waals surface area contributed by atoms with Gasteiger partial charge in [-0.15, -0.1) is 0 Å². The molecule has 16 heavy (non-hydrogen) atoms. The Labute approximate surface area is 101 Å². The van der Waals surface area contributed by atoms with Crippen LogP contribution in [-0.4, -0.2) is 24.3 Å². The first-order valence-corrected chi connectivity index (χ1v) is 6.69. The highest BCUT2D eigenvalue weighted by molar-refractivity contribution is 4.87. The van der Waals surface area contributed by atoms with Crippen LogP contribution in [0, 0.1) is 11.8 Å². The summed E-state index contributed by atoms with van der Waals surface area (Å²) in [4.78, 5) is 0. The van der Waals surface area contributed by atoms with Crippen LogP contribution in [0.1, 0.15) is 54.4 Å². The summed E-state index contributed by atoms with van der Waals surface area (Å²) in [5.74, 6) is 1.54. The molecule has 0 aliphatic heterocycles. The molecule has 0 heterocycles. The van der Waals surface area contributed by atoms with Crippen LogP contribution in [0.5, 0.6) is 0 Å². The molecule has 0 aromatic heterocycles. The van der Waals surface area contributed by atoms with Crippen molar-refractivity contribution in [3.8, 4) is 0 Å². The Bertz CT molecular complexity index is 201. The van der Waals surface area contributed by atoms with Crippen molar-refractivity contribution in [1.82, 2.24) is 5.32 Å². The Balaban J connectivity index is 2.08. The van der Waals surface area contributed by atoms with Crippen molar-refractivity contribution in [1.29, 1.82) is 0 Å². The number of ether oxygens (including phenoxy) is 1. The quantitative estimate of drug-likeness (QED) is 0.778. The molecule has 0 spiro atoms. The van der Waals surface area contributed by atoms with Gasteiger partial charge in [0.2, 0.25) is 0 Å². The summed E-state index contributed by atoms with van der Waals surface area (Å²) in [7, 11) is 0. The fourth-order valence-electron chi connectivity index (χ4n) is 1.92. The van der Waals surface area contributed by atoms with E-state index in [1.54, 1.807) is 0 Å². The second kappa shape index (κ2) is 5.50. The van der Waals surface area contributed by atoms with Gasteiger partial charge >= 0.3 is 0 Å². The summed E-state index contributed by atoms with van der Waals surface area (Å²) >= 11 is 0. The molecule has 1 aliphatic rings. The molecule has 0 bridgehead atoms. The fourth-order valence-corrected chi connectivity index (χ4v) is 1.92. The van der Waals surface area contributed by atoms with Crippen LogP contribution < -0.4 is 5.32 Å². The normalized spacial score (nSPS) is 27.9. The van der Waals surface area contributed by atoms with E-state index in [1.165, 1.54) is 12.8 Å². The van der Waals surface area contributed by atoms with Crippen LogP contribution in [0.4, 0.5) is 0 Å². The largest absolute Gasteiger partial charge is 0.373 e. The molecule has 96 valence electrons. The summed E-state index contributed by atoms with van der Waals surface area (Å²) in [6.07, 6.45) is 2.84. The Morgan fingerprint density at radius 2 is 1.75 bits per heavy atom. The average Bonchev–Trinajstić information content (AvgIpc) is 2.05. The minimum absolute atomic E-state index is 0.0147. The van der Waals surface area contributed by atoms with Gasteiger partial charge in [-0.05, 0) is 52.0 Å². The van der Waals surface area contributed by atoms with Crippen molar-refractivity contribution < 1.29 is 4.74 Å². The van der Waals surface area contributed by atoms with Gasteiger partial charge in [0.05, 0.1) is 11.7 Å². The SMILES string of the molecule is CC(C)C(C)CNC1CC(OC(C)(C)C)C1. The molecule has 2 nitrogen and oxygen atoms in total. The Morgan fingerprint density at radius 1 is 1.19 bits per heavy atom. The van der Waals surface area contributed by atoms with Gasteiger partial charge in [0.15, 0.2) is 0 Å². The van der Waals surface area contributed by atoms with Gasteiger partial charge in [0.25, 0.3) is 0 Å². The third-order valence-electron chi connectivity index (χ3n) is 3.48. The highest BCUT2D eigenvalue weighted by Crippen LogP contribution is 2.27. The Hall–Kier alpha value is -0.0800. The summed E-state index contributed by atoms with van der Waals surface area (Å²) < 4.78 is 5.92. The highest BCUT2D eigenvalue weighted by Gasteiger charge is 2.32. The summed E-state index contributed by atoms with van der Waals surface area (Å²) in [6, 6.07) is 0.688. The van der Waals surface area contributed by atoms with Crippen molar-refractivity contribution >= 4 is 0 Å². The third kappa shape index (κ3) is 4.84. The topological polar surface area (TPSA) is 21.3 Å². The number of hydrogen-bond donors (Lipinski definition) is 1. The zero-order chi connectivity index (χ0) is 12.3. The summed E-state index contributed by atoms with van der Waals surface area (Å²) in [5.41, 5.74) is 0.0147. The molecule has 1 fully saturated rings. The van der Waals surface area contributed by atoms with Crippen LogP contribution >= 0.6 is 0 Å². The van der Waals surface area contributed by atoms with Crippen molar-refractivity contribution in [3.05, 3.63) is 0 Å². The maximum atomic E-state index is 5.92. The minimum Gasteiger partial charge on any atom is -0.373 e. The van der Waals surface area contributed by atoms with E-state index in [4.69, 9.17) is 4.74 Å². The lowest BCUT2D eigenvalue weighted by molar-refractivity contribution is -0.102. The standard InChI is InChI=1S/C14H29NO/c1-10(2)11(3)9-15-12-7-13(8-12)16-14(4,5)6/h10-13,15H,7-9H2,1-6H3. The molecular formula is C14H29NO. The van der Waals surface area contributed by atoms with E-state index in [1.807, 2.05) is 0 Å². The van der Waals surface area contributed by atoms with E-state index < -0.39 is 0 Å². The first kappa shape index (κ1) is 14.0. The number of nitrogens with one attached hydrogen (secondary N) is 1. The van der Waals surface area contributed by atoms with Crippen LogP contribution in [0.3, 0.4) is 0 Å². The molecule has 1 rings (SSSR count). The third-order valence-corrected chi connectivity index (χ3v) is 3.48. The molecule has 2 heteroatoms. The molecule has 1 unspecified atom stereocenters. The van der Waals surface area contributed by atoms with Gasteiger partial charge in [-0.3, -0.25) is 0 Å². The summed E-state index contributed by atoms with van der Waals surface area (Å²) in [5, 5.41) is 3.64. The van der Waals surface area contributed by atoms with E-state index in [0.29, 0.717) is 12.1 Å². The molecule has 1 atom stereocenters. The zero-order valence-corrected chi connectivity index (χ0v) is 11.8. The molecule has 0 amide bonds. The van der Waals surface area contributed by atoms with Crippen LogP contribution in [0.15, 0.2) is 0 Å². The van der Waals surface area contributed by atoms with Gasteiger partial charge in [0, 0.05) is 6.04 Å². The van der Waals surface area contributed by atoms with Crippen molar-refractivity contribution in [3.63, 3.8) is 0 Å². The van der Waals surface area contributed by atoms with Crippen LogP contribution in [0.25, 0.3) is 0 Å². The Morgan fingerprint density at radius 3 is 2.19 bits per heavy atom. The minimum atomic E-state index is 0.0147. The van der Waals surface area contributed by atoms with E-state index in [-0.39, 0.29) is 5.60 Å². The van der Waals surface area contributed by atoms with Gasteiger partial charge < -0.3 is 10.1 Å². The number of rotatable bonds is 5. The van der Waals surface area contributed by atoms with Gasteiger partial charge in [-0.1, -0.05) is 20.8 Å². The fraction of sp³-hybridized carbons (Fsp3) is 1.00. The monoisotopic (exact) mass is 227 g/mol. The maximum absolute atomic E-state index is 5.92. The van der Waals surface area contributed by atoms with Crippen molar-refractivity contribution in [2.45, 2.75) is 72.1 Å². The molecule has 0 aromatic carbocycles. The van der Waals surface area contributed by atoms with Crippen LogP contribution in [0.2, 0.25) is 0 Å². The zero-order valence-electron chi connectivity index (χ0n) is 11.8. The smallest absolute Gasteiger partial charge is 0.0612 e. The van der Waals surface area contributed by atoms with E-state index in [0.717, 1.165) is 18.4 Å². The van der Waals surface area contributed by atoms with E-state index in [9.17, 15) is 0 Å². The van der Waals surface area contributed by atoms with Crippen molar-refractivity contribution in [2.24, 2.45) is 11.8 Å². The lowest BCUT2D eigenvalue weighted by Gasteiger charge is -2.40. The second-order valence-electron chi connectivity index (χ2n) is 6.65. The average molecular weight is 227 g/mol. The molecule has 1 N–H and O–H groups in total. The van der Waals surface area contributed by atoms with Crippen LogP contribution in [-0.2, 0) is 4.74 Å². The number of hydrogen-bond acceptors (Lipinski definition) is 2. The molecule has 0 aromatic rings. The van der Waals surface area contributed by atoms with Gasteiger partial charge in [0.1, 0.15) is 0 Å². The van der Waals surface area contributed by atoms with Gasteiger partial charge in [-0.25, -0.2) is 0 Å². The highest BCUT2D eigenvalue weighted by atomic mass is 16.5. The summed E-state index contributed by atoms with van der Waals surface area (Å²) in [6.45, 7) is 14.4.